The number of carbonyl (C=O) groups excluding carboxylic acids is 1. The van der Waals surface area contributed by atoms with E-state index in [9.17, 15) is 4.79 Å². The number of amides is 1. The molecular formula is C15H24N4O3S. The van der Waals surface area contributed by atoms with Crippen molar-refractivity contribution in [3.8, 4) is 0 Å². The van der Waals surface area contributed by atoms with Gasteiger partial charge in [-0.3, -0.25) is 9.69 Å². The monoisotopic (exact) mass is 340 g/mol. The second-order valence-electron chi connectivity index (χ2n) is 5.98. The van der Waals surface area contributed by atoms with Crippen LogP contribution in [0.25, 0.3) is 0 Å². The maximum atomic E-state index is 13.0. The lowest BCUT2D eigenvalue weighted by Crippen LogP contribution is -2.48. The summed E-state index contributed by atoms with van der Waals surface area (Å²) in [6, 6.07) is 0.249. The normalized spacial score (nSPS) is 20.6. The SMILES string of the molecule is Cc1nnsc1C(=O)N(CCN1CCOCC1)C1CCOCC1. The molecule has 0 N–H and O–H groups in total. The van der Waals surface area contributed by atoms with Gasteiger partial charge in [-0.1, -0.05) is 4.49 Å². The van der Waals surface area contributed by atoms with E-state index in [1.54, 1.807) is 0 Å². The van der Waals surface area contributed by atoms with Gasteiger partial charge in [-0.05, 0) is 31.3 Å². The predicted molar refractivity (Wildman–Crippen MR) is 86.8 cm³/mol. The number of hydrogen-bond donors (Lipinski definition) is 0. The average Bonchev–Trinajstić information content (AvgIpc) is 3.03. The molecule has 0 radical (unpaired) electrons. The van der Waals surface area contributed by atoms with Crippen molar-refractivity contribution in [3.63, 3.8) is 0 Å². The minimum atomic E-state index is 0.0673. The Morgan fingerprint density at radius 3 is 2.61 bits per heavy atom. The number of morpholine rings is 1. The number of carbonyl (C=O) groups is 1. The summed E-state index contributed by atoms with van der Waals surface area (Å²) in [7, 11) is 0. The van der Waals surface area contributed by atoms with E-state index in [0.29, 0.717) is 4.88 Å². The van der Waals surface area contributed by atoms with Gasteiger partial charge in [0.2, 0.25) is 0 Å². The number of aryl methyl sites for hydroxylation is 1. The number of rotatable bonds is 5. The van der Waals surface area contributed by atoms with E-state index in [0.717, 1.165) is 71.1 Å². The molecule has 2 aliphatic heterocycles. The Balaban J connectivity index is 1.67. The highest BCUT2D eigenvalue weighted by atomic mass is 32.1. The minimum Gasteiger partial charge on any atom is -0.381 e. The lowest BCUT2D eigenvalue weighted by atomic mass is 10.1. The van der Waals surface area contributed by atoms with E-state index >= 15 is 0 Å². The molecule has 2 saturated heterocycles. The molecule has 1 aromatic rings. The second kappa shape index (κ2) is 8.14. The minimum absolute atomic E-state index is 0.0673. The molecule has 2 aliphatic rings. The van der Waals surface area contributed by atoms with Gasteiger partial charge in [0.05, 0.1) is 18.9 Å². The third kappa shape index (κ3) is 4.26. The van der Waals surface area contributed by atoms with E-state index in [2.05, 4.69) is 14.5 Å². The van der Waals surface area contributed by atoms with Crippen molar-refractivity contribution in [1.82, 2.24) is 19.4 Å². The highest BCUT2D eigenvalue weighted by molar-refractivity contribution is 7.07. The van der Waals surface area contributed by atoms with Crippen LogP contribution in [0, 0.1) is 6.92 Å². The third-order valence-electron chi connectivity index (χ3n) is 4.50. The molecule has 0 aromatic carbocycles. The Morgan fingerprint density at radius 2 is 1.96 bits per heavy atom. The molecule has 7 nitrogen and oxygen atoms in total. The predicted octanol–water partition coefficient (Wildman–Crippen LogP) is 0.800. The van der Waals surface area contributed by atoms with E-state index in [4.69, 9.17) is 9.47 Å². The molecule has 128 valence electrons. The smallest absolute Gasteiger partial charge is 0.267 e. The molecule has 3 rings (SSSR count). The van der Waals surface area contributed by atoms with Crippen LogP contribution in [0.4, 0.5) is 0 Å². The van der Waals surface area contributed by atoms with Gasteiger partial charge in [-0.15, -0.1) is 5.10 Å². The first kappa shape index (κ1) is 16.8. The van der Waals surface area contributed by atoms with Crippen LogP contribution in [0.2, 0.25) is 0 Å². The highest BCUT2D eigenvalue weighted by Gasteiger charge is 2.29. The Kier molecular flexibility index (Phi) is 5.93. The van der Waals surface area contributed by atoms with Crippen molar-refractivity contribution in [2.75, 3.05) is 52.6 Å². The first-order valence-electron chi connectivity index (χ1n) is 8.23. The molecule has 1 amide bonds. The molecule has 0 saturated carbocycles. The van der Waals surface area contributed by atoms with Gasteiger partial charge in [-0.25, -0.2) is 0 Å². The fourth-order valence-electron chi connectivity index (χ4n) is 3.08. The Bertz CT molecular complexity index is 513. The molecule has 2 fully saturated rings. The van der Waals surface area contributed by atoms with Crippen LogP contribution in [-0.2, 0) is 9.47 Å². The summed E-state index contributed by atoms with van der Waals surface area (Å²) in [6.07, 6.45) is 1.81. The molecule has 3 heterocycles. The van der Waals surface area contributed by atoms with Gasteiger partial charge < -0.3 is 14.4 Å². The molecule has 0 aliphatic carbocycles. The van der Waals surface area contributed by atoms with Crippen molar-refractivity contribution in [1.29, 1.82) is 0 Å². The molecule has 0 spiro atoms. The van der Waals surface area contributed by atoms with Gasteiger partial charge >= 0.3 is 0 Å². The van der Waals surface area contributed by atoms with Crippen molar-refractivity contribution in [2.24, 2.45) is 0 Å². The summed E-state index contributed by atoms with van der Waals surface area (Å²) in [6.45, 7) is 8.37. The largest absolute Gasteiger partial charge is 0.381 e. The maximum absolute atomic E-state index is 13.0. The number of ether oxygens (including phenoxy) is 2. The van der Waals surface area contributed by atoms with Gasteiger partial charge in [0.25, 0.3) is 5.91 Å². The molecular weight excluding hydrogens is 316 g/mol. The summed E-state index contributed by atoms with van der Waals surface area (Å²) in [5.41, 5.74) is 0.725. The van der Waals surface area contributed by atoms with Crippen molar-refractivity contribution >= 4 is 17.4 Å². The van der Waals surface area contributed by atoms with Gasteiger partial charge in [0.15, 0.2) is 0 Å². The number of hydrogen-bond acceptors (Lipinski definition) is 7. The first-order valence-corrected chi connectivity index (χ1v) is 9.01. The zero-order valence-electron chi connectivity index (χ0n) is 13.6. The van der Waals surface area contributed by atoms with E-state index in [1.807, 2.05) is 11.8 Å². The lowest BCUT2D eigenvalue weighted by molar-refractivity contribution is 0.0142. The van der Waals surface area contributed by atoms with Crippen molar-refractivity contribution in [2.45, 2.75) is 25.8 Å². The standard InChI is InChI=1S/C15H24N4O3S/c1-12-14(23-17-16-12)15(20)19(13-2-8-21-9-3-13)5-4-18-6-10-22-11-7-18/h13H,2-11H2,1H3. The van der Waals surface area contributed by atoms with Gasteiger partial charge in [0, 0.05) is 45.4 Å². The Labute approximate surface area is 140 Å². The summed E-state index contributed by atoms with van der Waals surface area (Å²) in [5, 5.41) is 3.98. The summed E-state index contributed by atoms with van der Waals surface area (Å²) >= 11 is 1.19. The highest BCUT2D eigenvalue weighted by Crippen LogP contribution is 2.20. The molecule has 8 heteroatoms. The zero-order valence-corrected chi connectivity index (χ0v) is 14.4. The van der Waals surface area contributed by atoms with Crippen LogP contribution >= 0.6 is 11.5 Å². The third-order valence-corrected chi connectivity index (χ3v) is 5.31. The lowest BCUT2D eigenvalue weighted by Gasteiger charge is -2.36. The van der Waals surface area contributed by atoms with Crippen LogP contribution in [0.15, 0.2) is 0 Å². The molecule has 23 heavy (non-hydrogen) atoms. The Morgan fingerprint density at radius 1 is 1.26 bits per heavy atom. The number of nitrogens with zero attached hydrogens (tertiary/aromatic N) is 4. The number of aromatic nitrogens is 2. The fraction of sp³-hybridized carbons (Fsp3) is 0.800. The molecule has 1 aromatic heterocycles. The van der Waals surface area contributed by atoms with Gasteiger partial charge in [0.1, 0.15) is 4.88 Å². The van der Waals surface area contributed by atoms with Crippen LogP contribution in [0.5, 0.6) is 0 Å². The summed E-state index contributed by atoms with van der Waals surface area (Å²) in [4.78, 5) is 18.0. The summed E-state index contributed by atoms with van der Waals surface area (Å²) < 4.78 is 14.8. The summed E-state index contributed by atoms with van der Waals surface area (Å²) in [5.74, 6) is 0.0673. The van der Waals surface area contributed by atoms with Crippen LogP contribution < -0.4 is 0 Å². The van der Waals surface area contributed by atoms with Gasteiger partial charge in [-0.2, -0.15) is 0 Å². The molecule has 0 bridgehead atoms. The van der Waals surface area contributed by atoms with Crippen LogP contribution in [0.3, 0.4) is 0 Å². The van der Waals surface area contributed by atoms with Crippen molar-refractivity contribution < 1.29 is 14.3 Å². The second-order valence-corrected chi connectivity index (χ2v) is 6.74. The molecule has 0 atom stereocenters. The topological polar surface area (TPSA) is 67.8 Å². The van der Waals surface area contributed by atoms with E-state index < -0.39 is 0 Å². The van der Waals surface area contributed by atoms with E-state index in [-0.39, 0.29) is 11.9 Å². The quantitative estimate of drug-likeness (QED) is 0.790. The van der Waals surface area contributed by atoms with Crippen LogP contribution in [-0.4, -0.2) is 83.9 Å². The van der Waals surface area contributed by atoms with Crippen molar-refractivity contribution in [3.05, 3.63) is 10.6 Å². The zero-order chi connectivity index (χ0) is 16.1. The molecule has 0 unspecified atom stereocenters. The fourth-order valence-corrected chi connectivity index (χ4v) is 3.69. The maximum Gasteiger partial charge on any atom is 0.267 e. The Hall–Kier alpha value is -1.09. The van der Waals surface area contributed by atoms with E-state index in [1.165, 1.54) is 11.5 Å². The van der Waals surface area contributed by atoms with Crippen LogP contribution in [0.1, 0.15) is 28.2 Å². The average molecular weight is 340 g/mol. The first-order chi connectivity index (χ1) is 11.3.